The number of fused-ring (bicyclic) bond motifs is 1. The van der Waals surface area contributed by atoms with Crippen molar-refractivity contribution < 1.29 is 22.7 Å². The van der Waals surface area contributed by atoms with Crippen LogP contribution in [0.15, 0.2) is 53.4 Å². The number of nitrogens with one attached hydrogen (secondary N) is 1. The molecular formula is C25H31N3O5S. The Morgan fingerprint density at radius 1 is 0.971 bits per heavy atom. The SMILES string of the molecule is O=C(NCCCC(=O)N1CCCc2cc(S(=O)(=O)N3CCCC3)ccc21)OCc1ccccc1. The van der Waals surface area contributed by atoms with E-state index in [4.69, 9.17) is 4.74 Å². The van der Waals surface area contributed by atoms with Gasteiger partial charge in [-0.3, -0.25) is 4.79 Å². The zero-order valence-corrected chi connectivity index (χ0v) is 20.1. The maximum absolute atomic E-state index is 12.9. The van der Waals surface area contributed by atoms with Crippen molar-refractivity contribution >= 4 is 27.7 Å². The first-order chi connectivity index (χ1) is 16.4. The highest BCUT2D eigenvalue weighted by molar-refractivity contribution is 7.89. The van der Waals surface area contributed by atoms with Crippen LogP contribution < -0.4 is 10.2 Å². The molecule has 2 amide bonds. The summed E-state index contributed by atoms with van der Waals surface area (Å²) >= 11 is 0. The van der Waals surface area contributed by atoms with Gasteiger partial charge in [-0.05, 0) is 61.4 Å². The lowest BCUT2D eigenvalue weighted by Crippen LogP contribution is -2.36. The van der Waals surface area contributed by atoms with E-state index >= 15 is 0 Å². The van der Waals surface area contributed by atoms with Crippen LogP contribution in [0.5, 0.6) is 0 Å². The number of carbonyl (C=O) groups is 2. The number of amides is 2. The molecular weight excluding hydrogens is 454 g/mol. The van der Waals surface area contributed by atoms with Crippen LogP contribution in [0, 0.1) is 0 Å². The van der Waals surface area contributed by atoms with E-state index in [2.05, 4.69) is 5.32 Å². The highest BCUT2D eigenvalue weighted by Gasteiger charge is 2.29. The minimum atomic E-state index is -3.48. The molecule has 4 rings (SSSR count). The lowest BCUT2D eigenvalue weighted by molar-refractivity contribution is -0.118. The van der Waals surface area contributed by atoms with Crippen LogP contribution in [-0.2, 0) is 32.6 Å². The number of benzene rings is 2. The molecule has 1 fully saturated rings. The summed E-state index contributed by atoms with van der Waals surface area (Å²) in [5.41, 5.74) is 2.59. The van der Waals surface area contributed by atoms with Crippen LogP contribution in [0.3, 0.4) is 0 Å². The zero-order chi connectivity index (χ0) is 24.0. The van der Waals surface area contributed by atoms with Crippen molar-refractivity contribution in [1.29, 1.82) is 0 Å². The molecule has 1 N–H and O–H groups in total. The first-order valence-electron chi connectivity index (χ1n) is 11.8. The van der Waals surface area contributed by atoms with E-state index in [0.717, 1.165) is 42.5 Å². The third-order valence-corrected chi connectivity index (χ3v) is 8.12. The lowest BCUT2D eigenvalue weighted by atomic mass is 10.0. The fraction of sp³-hybridized carbons (Fsp3) is 0.440. The van der Waals surface area contributed by atoms with Gasteiger partial charge in [-0.2, -0.15) is 4.31 Å². The predicted molar refractivity (Wildman–Crippen MR) is 129 cm³/mol. The molecule has 2 heterocycles. The second-order valence-electron chi connectivity index (χ2n) is 8.64. The fourth-order valence-corrected chi connectivity index (χ4v) is 5.98. The number of ether oxygens (including phenoxy) is 1. The Morgan fingerprint density at radius 2 is 1.74 bits per heavy atom. The first-order valence-corrected chi connectivity index (χ1v) is 13.3. The molecule has 0 bridgehead atoms. The molecule has 0 unspecified atom stereocenters. The molecule has 2 aromatic rings. The molecule has 9 heteroatoms. The largest absolute Gasteiger partial charge is 0.445 e. The predicted octanol–water partition coefficient (Wildman–Crippen LogP) is 3.46. The van der Waals surface area contributed by atoms with Gasteiger partial charge in [0.25, 0.3) is 0 Å². The summed E-state index contributed by atoms with van der Waals surface area (Å²) in [5, 5.41) is 2.68. The van der Waals surface area contributed by atoms with Crippen LogP contribution >= 0.6 is 0 Å². The van der Waals surface area contributed by atoms with Gasteiger partial charge >= 0.3 is 6.09 Å². The van der Waals surface area contributed by atoms with Gasteiger partial charge in [-0.1, -0.05) is 30.3 Å². The van der Waals surface area contributed by atoms with Crippen LogP contribution in [0.25, 0.3) is 0 Å². The average Bonchev–Trinajstić information content (AvgIpc) is 3.41. The summed E-state index contributed by atoms with van der Waals surface area (Å²) in [6, 6.07) is 14.5. The van der Waals surface area contributed by atoms with Crippen molar-refractivity contribution in [3.8, 4) is 0 Å². The first kappa shape index (κ1) is 24.2. The summed E-state index contributed by atoms with van der Waals surface area (Å²) in [4.78, 5) is 26.8. The van der Waals surface area contributed by atoms with Gasteiger partial charge in [-0.25, -0.2) is 13.2 Å². The number of nitrogens with zero attached hydrogens (tertiary/aromatic N) is 2. The van der Waals surface area contributed by atoms with Gasteiger partial charge in [0, 0.05) is 38.3 Å². The van der Waals surface area contributed by atoms with Gasteiger partial charge < -0.3 is 15.0 Å². The zero-order valence-electron chi connectivity index (χ0n) is 19.2. The lowest BCUT2D eigenvalue weighted by Gasteiger charge is -2.30. The van der Waals surface area contributed by atoms with E-state index in [9.17, 15) is 18.0 Å². The molecule has 8 nitrogen and oxygen atoms in total. The van der Waals surface area contributed by atoms with Crippen LogP contribution in [0.1, 0.15) is 43.2 Å². The normalized spacial score (nSPS) is 16.2. The standard InChI is InChI=1S/C25H31N3O5S/c29-24(11-6-14-26-25(30)33-19-20-8-2-1-3-9-20)28-17-7-10-21-18-22(12-13-23(21)28)34(31,32)27-15-4-5-16-27/h1-3,8-9,12-13,18H,4-7,10-11,14-17,19H2,(H,26,30). The third kappa shape index (κ3) is 5.77. The van der Waals surface area contributed by atoms with Crippen molar-refractivity contribution in [2.75, 3.05) is 31.1 Å². The van der Waals surface area contributed by atoms with Crippen LogP contribution in [-0.4, -0.2) is 50.9 Å². The van der Waals surface area contributed by atoms with E-state index in [1.165, 1.54) is 0 Å². The van der Waals surface area contributed by atoms with E-state index in [-0.39, 0.29) is 18.9 Å². The molecule has 0 atom stereocenters. The smallest absolute Gasteiger partial charge is 0.407 e. The van der Waals surface area contributed by atoms with Gasteiger partial charge in [0.05, 0.1) is 4.90 Å². The Balaban J connectivity index is 1.28. The fourth-order valence-electron chi connectivity index (χ4n) is 4.41. The van der Waals surface area contributed by atoms with Gasteiger partial charge in [0.1, 0.15) is 6.61 Å². The van der Waals surface area contributed by atoms with Crippen LogP contribution in [0.4, 0.5) is 10.5 Å². The highest BCUT2D eigenvalue weighted by atomic mass is 32.2. The molecule has 0 saturated carbocycles. The summed E-state index contributed by atoms with van der Waals surface area (Å²) in [7, 11) is -3.48. The van der Waals surface area contributed by atoms with Gasteiger partial charge in [0.2, 0.25) is 15.9 Å². The van der Waals surface area contributed by atoms with E-state index in [1.54, 1.807) is 27.4 Å². The third-order valence-electron chi connectivity index (χ3n) is 6.22. The Hall–Kier alpha value is -2.91. The molecule has 34 heavy (non-hydrogen) atoms. The topological polar surface area (TPSA) is 96.0 Å². The number of anilines is 1. The number of aryl methyl sites for hydroxylation is 1. The minimum absolute atomic E-state index is 0.0319. The van der Waals surface area contributed by atoms with E-state index < -0.39 is 16.1 Å². The van der Waals surface area contributed by atoms with Crippen molar-refractivity contribution in [1.82, 2.24) is 9.62 Å². The van der Waals surface area contributed by atoms with Crippen molar-refractivity contribution in [2.45, 2.75) is 50.0 Å². The summed E-state index contributed by atoms with van der Waals surface area (Å²) in [6.07, 6.45) is 3.59. The van der Waals surface area contributed by atoms with E-state index in [1.807, 2.05) is 30.3 Å². The average molecular weight is 486 g/mol. The summed E-state index contributed by atoms with van der Waals surface area (Å²) < 4.78 is 32.5. The molecule has 182 valence electrons. The van der Waals surface area contributed by atoms with Crippen molar-refractivity contribution in [3.05, 3.63) is 59.7 Å². The molecule has 2 aliphatic rings. The van der Waals surface area contributed by atoms with Crippen molar-refractivity contribution in [3.63, 3.8) is 0 Å². The number of carbonyl (C=O) groups excluding carboxylic acids is 2. The van der Waals surface area contributed by atoms with Crippen molar-refractivity contribution in [2.24, 2.45) is 0 Å². The number of hydrogen-bond donors (Lipinski definition) is 1. The number of rotatable bonds is 8. The van der Waals surface area contributed by atoms with Gasteiger partial charge in [0.15, 0.2) is 0 Å². The molecule has 0 spiro atoms. The number of hydrogen-bond acceptors (Lipinski definition) is 5. The second-order valence-corrected chi connectivity index (χ2v) is 10.6. The Bertz CT molecular complexity index is 1110. The number of alkyl carbamates (subject to hydrolysis) is 1. The molecule has 2 aliphatic heterocycles. The Kier molecular flexibility index (Phi) is 7.84. The summed E-state index contributed by atoms with van der Waals surface area (Å²) in [5.74, 6) is -0.0319. The monoisotopic (exact) mass is 485 g/mol. The minimum Gasteiger partial charge on any atom is -0.445 e. The highest BCUT2D eigenvalue weighted by Crippen LogP contribution is 2.31. The van der Waals surface area contributed by atoms with Crippen LogP contribution in [0.2, 0.25) is 0 Å². The summed E-state index contributed by atoms with van der Waals surface area (Å²) in [6.45, 7) is 2.28. The van der Waals surface area contributed by atoms with Gasteiger partial charge in [-0.15, -0.1) is 0 Å². The molecule has 0 aromatic heterocycles. The quantitative estimate of drug-likeness (QED) is 0.578. The number of sulfonamides is 1. The molecule has 2 aromatic carbocycles. The maximum Gasteiger partial charge on any atom is 0.407 e. The van der Waals surface area contributed by atoms with E-state index in [0.29, 0.717) is 37.5 Å². The molecule has 1 saturated heterocycles. The maximum atomic E-state index is 12.9. The Morgan fingerprint density at radius 3 is 2.50 bits per heavy atom. The molecule has 0 aliphatic carbocycles. The Labute approximate surface area is 200 Å². The second kappa shape index (κ2) is 11.0. The molecule has 0 radical (unpaired) electrons.